The van der Waals surface area contributed by atoms with Crippen LogP contribution in [0, 0.1) is 0 Å². The maximum absolute atomic E-state index is 12.4. The Hall–Kier alpha value is -2.26. The minimum Gasteiger partial charge on any atom is -0.493 e. The molecule has 0 aliphatic rings. The summed E-state index contributed by atoms with van der Waals surface area (Å²) in [5.74, 6) is 1.48. The molecule has 0 aromatic heterocycles. The third-order valence-electron chi connectivity index (χ3n) is 3.47. The Kier molecular flexibility index (Phi) is 7.49. The molecule has 146 valence electrons. The van der Waals surface area contributed by atoms with Crippen molar-refractivity contribution >= 4 is 32.2 Å². The molecule has 2 rings (SSSR count). The van der Waals surface area contributed by atoms with Crippen LogP contribution in [-0.4, -0.2) is 35.5 Å². The number of halogens is 1. The molecule has 0 saturated heterocycles. The summed E-state index contributed by atoms with van der Waals surface area (Å²) in [5.41, 5.74) is 0.709. The van der Waals surface area contributed by atoms with Gasteiger partial charge in [-0.1, -0.05) is 6.92 Å². The normalized spacial score (nSPS) is 11.4. The van der Waals surface area contributed by atoms with Gasteiger partial charge in [-0.2, -0.15) is 13.5 Å². The van der Waals surface area contributed by atoms with Gasteiger partial charge in [0, 0.05) is 6.07 Å². The molecule has 2 aromatic carbocycles. The van der Waals surface area contributed by atoms with Crippen LogP contribution in [-0.2, 0) is 10.0 Å². The lowest BCUT2D eigenvalue weighted by Gasteiger charge is -2.09. The van der Waals surface area contributed by atoms with E-state index in [2.05, 4.69) is 25.9 Å². The molecule has 0 fully saturated rings. The van der Waals surface area contributed by atoms with Gasteiger partial charge in [0.1, 0.15) is 5.75 Å². The van der Waals surface area contributed by atoms with Crippen LogP contribution in [0.4, 0.5) is 0 Å². The molecule has 0 unspecified atom stereocenters. The average molecular weight is 457 g/mol. The van der Waals surface area contributed by atoms with Crippen LogP contribution in [0.25, 0.3) is 0 Å². The number of ether oxygens (including phenoxy) is 3. The number of nitrogens with zero attached hydrogens (tertiary/aromatic N) is 1. The van der Waals surface area contributed by atoms with E-state index in [-0.39, 0.29) is 4.90 Å². The van der Waals surface area contributed by atoms with Gasteiger partial charge in [0.2, 0.25) is 0 Å². The summed E-state index contributed by atoms with van der Waals surface area (Å²) < 4.78 is 41.3. The molecule has 0 aliphatic carbocycles. The van der Waals surface area contributed by atoms with Crippen LogP contribution in [0.3, 0.4) is 0 Å². The number of hydrazone groups is 1. The molecule has 0 spiro atoms. The first kappa shape index (κ1) is 21.0. The second kappa shape index (κ2) is 9.61. The molecule has 27 heavy (non-hydrogen) atoms. The van der Waals surface area contributed by atoms with E-state index in [1.807, 2.05) is 6.92 Å². The standard InChI is InChI=1S/C18H21BrN2O5S/c1-4-9-26-16-7-5-13(10-15(16)19)12-20-21-27(22,23)14-6-8-17(24-2)18(11-14)25-3/h5-8,10-12,21H,4,9H2,1-3H3/b20-12+. The average Bonchev–Trinajstić information content (AvgIpc) is 2.66. The molecule has 0 radical (unpaired) electrons. The van der Waals surface area contributed by atoms with E-state index in [1.165, 1.54) is 38.6 Å². The van der Waals surface area contributed by atoms with Gasteiger partial charge >= 0.3 is 0 Å². The van der Waals surface area contributed by atoms with E-state index in [1.54, 1.807) is 18.2 Å². The third-order valence-corrected chi connectivity index (χ3v) is 5.31. The predicted molar refractivity (Wildman–Crippen MR) is 107 cm³/mol. The van der Waals surface area contributed by atoms with Crippen molar-refractivity contribution in [2.75, 3.05) is 20.8 Å². The first-order valence-electron chi connectivity index (χ1n) is 8.10. The number of rotatable bonds is 9. The lowest BCUT2D eigenvalue weighted by molar-refractivity contribution is 0.315. The van der Waals surface area contributed by atoms with E-state index in [0.29, 0.717) is 23.7 Å². The predicted octanol–water partition coefficient (Wildman–Crippen LogP) is 3.57. The van der Waals surface area contributed by atoms with Gasteiger partial charge < -0.3 is 14.2 Å². The van der Waals surface area contributed by atoms with E-state index in [0.717, 1.165) is 16.6 Å². The number of hydrogen-bond acceptors (Lipinski definition) is 6. The fourth-order valence-corrected chi connectivity index (χ4v) is 3.45. The second-order valence-electron chi connectivity index (χ2n) is 5.41. The zero-order valence-corrected chi connectivity index (χ0v) is 17.6. The van der Waals surface area contributed by atoms with Gasteiger partial charge in [-0.15, -0.1) is 0 Å². The van der Waals surface area contributed by atoms with Crippen LogP contribution in [0.2, 0.25) is 0 Å². The lowest BCUT2D eigenvalue weighted by Crippen LogP contribution is -2.18. The Morgan fingerprint density at radius 3 is 2.41 bits per heavy atom. The highest BCUT2D eigenvalue weighted by atomic mass is 79.9. The largest absolute Gasteiger partial charge is 0.493 e. The maximum atomic E-state index is 12.4. The summed E-state index contributed by atoms with van der Waals surface area (Å²) in [7, 11) is -0.925. The van der Waals surface area contributed by atoms with Crippen molar-refractivity contribution in [3.63, 3.8) is 0 Å². The Balaban J connectivity index is 2.11. The van der Waals surface area contributed by atoms with Crippen LogP contribution < -0.4 is 19.0 Å². The minimum atomic E-state index is -3.84. The lowest BCUT2D eigenvalue weighted by atomic mass is 10.2. The molecule has 2 aromatic rings. The molecule has 0 amide bonds. The molecular weight excluding hydrogens is 436 g/mol. The van der Waals surface area contributed by atoms with Gasteiger partial charge in [-0.05, 0) is 58.2 Å². The van der Waals surface area contributed by atoms with Crippen LogP contribution in [0.15, 0.2) is 50.9 Å². The molecule has 1 N–H and O–H groups in total. The summed E-state index contributed by atoms with van der Waals surface area (Å²) in [4.78, 5) is 2.20. The van der Waals surface area contributed by atoms with Crippen LogP contribution in [0.5, 0.6) is 17.2 Å². The molecule has 0 heterocycles. The summed E-state index contributed by atoms with van der Waals surface area (Å²) in [5, 5.41) is 3.82. The maximum Gasteiger partial charge on any atom is 0.276 e. The highest BCUT2D eigenvalue weighted by molar-refractivity contribution is 9.10. The van der Waals surface area contributed by atoms with Gasteiger partial charge in [0.05, 0.1) is 36.4 Å². The van der Waals surface area contributed by atoms with E-state index in [4.69, 9.17) is 14.2 Å². The summed E-state index contributed by atoms with van der Waals surface area (Å²) >= 11 is 3.42. The van der Waals surface area contributed by atoms with Crippen LogP contribution in [0.1, 0.15) is 18.9 Å². The first-order chi connectivity index (χ1) is 12.9. The van der Waals surface area contributed by atoms with Crippen molar-refractivity contribution in [3.8, 4) is 17.2 Å². The SMILES string of the molecule is CCCOc1ccc(/C=N/NS(=O)(=O)c2ccc(OC)c(OC)c2)cc1Br. The number of nitrogens with one attached hydrogen (secondary N) is 1. The van der Waals surface area contributed by atoms with Crippen molar-refractivity contribution < 1.29 is 22.6 Å². The number of hydrogen-bond donors (Lipinski definition) is 1. The highest BCUT2D eigenvalue weighted by Crippen LogP contribution is 2.29. The molecule has 0 bridgehead atoms. The fourth-order valence-electron chi connectivity index (χ4n) is 2.13. The van der Waals surface area contributed by atoms with E-state index < -0.39 is 10.0 Å². The topological polar surface area (TPSA) is 86.2 Å². The van der Waals surface area contributed by atoms with Gasteiger partial charge in [0.15, 0.2) is 11.5 Å². The summed E-state index contributed by atoms with van der Waals surface area (Å²) in [6, 6.07) is 9.67. The molecule has 9 heteroatoms. The van der Waals surface area contributed by atoms with Crippen molar-refractivity contribution in [3.05, 3.63) is 46.4 Å². The Morgan fingerprint density at radius 2 is 1.78 bits per heavy atom. The molecule has 0 saturated carbocycles. The first-order valence-corrected chi connectivity index (χ1v) is 10.4. The molecular formula is C18H21BrN2O5S. The Morgan fingerprint density at radius 1 is 1.07 bits per heavy atom. The second-order valence-corrected chi connectivity index (χ2v) is 7.92. The van der Waals surface area contributed by atoms with E-state index in [9.17, 15) is 8.42 Å². The van der Waals surface area contributed by atoms with E-state index >= 15 is 0 Å². The minimum absolute atomic E-state index is 0.0156. The van der Waals surface area contributed by atoms with Gasteiger partial charge in [0.25, 0.3) is 10.0 Å². The van der Waals surface area contributed by atoms with Crippen molar-refractivity contribution in [1.82, 2.24) is 4.83 Å². The Bertz CT molecular complexity index is 916. The van der Waals surface area contributed by atoms with Crippen molar-refractivity contribution in [1.29, 1.82) is 0 Å². The van der Waals surface area contributed by atoms with Gasteiger partial charge in [-0.25, -0.2) is 4.83 Å². The fraction of sp³-hybridized carbons (Fsp3) is 0.278. The quantitative estimate of drug-likeness (QED) is 0.460. The zero-order valence-electron chi connectivity index (χ0n) is 15.2. The van der Waals surface area contributed by atoms with Crippen LogP contribution >= 0.6 is 15.9 Å². The monoisotopic (exact) mass is 456 g/mol. The highest BCUT2D eigenvalue weighted by Gasteiger charge is 2.16. The number of methoxy groups -OCH3 is 2. The zero-order chi connectivity index (χ0) is 19.9. The van der Waals surface area contributed by atoms with Crippen molar-refractivity contribution in [2.24, 2.45) is 5.10 Å². The molecule has 7 nitrogen and oxygen atoms in total. The Labute approximate surface area is 167 Å². The summed E-state index contributed by atoms with van der Waals surface area (Å²) in [6.45, 7) is 2.65. The van der Waals surface area contributed by atoms with Gasteiger partial charge in [-0.3, -0.25) is 0 Å². The van der Waals surface area contributed by atoms with Crippen molar-refractivity contribution in [2.45, 2.75) is 18.2 Å². The number of sulfonamides is 1. The molecule has 0 aliphatic heterocycles. The third kappa shape index (κ3) is 5.61. The molecule has 0 atom stereocenters. The number of benzene rings is 2. The smallest absolute Gasteiger partial charge is 0.276 e. The summed E-state index contributed by atoms with van der Waals surface area (Å²) in [6.07, 6.45) is 2.32.